The minimum atomic E-state index is 0.163. The van der Waals surface area contributed by atoms with E-state index < -0.39 is 0 Å². The van der Waals surface area contributed by atoms with Crippen molar-refractivity contribution in [1.29, 1.82) is 0 Å². The Morgan fingerprint density at radius 2 is 2.33 bits per heavy atom. The van der Waals surface area contributed by atoms with Crippen LogP contribution in [-0.4, -0.2) is 13.1 Å². The first-order valence-corrected chi connectivity index (χ1v) is 6.65. The van der Waals surface area contributed by atoms with Gasteiger partial charge in [0.15, 0.2) is 0 Å². The van der Waals surface area contributed by atoms with Crippen molar-refractivity contribution < 1.29 is 0 Å². The lowest BCUT2D eigenvalue weighted by Crippen LogP contribution is -2.30. The van der Waals surface area contributed by atoms with Gasteiger partial charge in [-0.3, -0.25) is 0 Å². The molecule has 0 bridgehead atoms. The van der Waals surface area contributed by atoms with E-state index in [1.165, 1.54) is 17.7 Å². The number of nitrogens with one attached hydrogen (secondary N) is 1. The Morgan fingerprint density at radius 1 is 1.53 bits per heavy atom. The lowest BCUT2D eigenvalue weighted by atomic mass is 10.1. The van der Waals surface area contributed by atoms with E-state index in [0.717, 1.165) is 24.9 Å². The first kappa shape index (κ1) is 11.1. The summed E-state index contributed by atoms with van der Waals surface area (Å²) in [5.74, 6) is 1.80. The number of nitrogens with two attached hydrogens (primary N) is 1. The molecule has 0 radical (unpaired) electrons. The Labute approximate surface area is 95.9 Å². The van der Waals surface area contributed by atoms with Crippen molar-refractivity contribution in [1.82, 2.24) is 5.32 Å². The van der Waals surface area contributed by atoms with E-state index in [-0.39, 0.29) is 6.04 Å². The number of rotatable bonds is 6. The van der Waals surface area contributed by atoms with Crippen LogP contribution in [-0.2, 0) is 0 Å². The first-order valence-electron chi connectivity index (χ1n) is 5.77. The summed E-state index contributed by atoms with van der Waals surface area (Å²) in [5, 5.41) is 5.56. The molecular formula is C12H20N2S. The van der Waals surface area contributed by atoms with Crippen LogP contribution in [0.1, 0.15) is 30.7 Å². The molecule has 0 amide bonds. The van der Waals surface area contributed by atoms with Crippen LogP contribution in [0.5, 0.6) is 0 Å². The largest absolute Gasteiger partial charge is 0.322 e. The topological polar surface area (TPSA) is 38.0 Å². The highest BCUT2D eigenvalue weighted by Crippen LogP contribution is 2.36. The Kier molecular flexibility index (Phi) is 3.78. The van der Waals surface area contributed by atoms with Crippen LogP contribution in [0, 0.1) is 11.8 Å². The van der Waals surface area contributed by atoms with Crippen LogP contribution >= 0.6 is 11.3 Å². The van der Waals surface area contributed by atoms with Gasteiger partial charge < -0.3 is 11.1 Å². The molecule has 1 aromatic rings. The predicted molar refractivity (Wildman–Crippen MR) is 66.0 cm³/mol. The second-order valence-corrected chi connectivity index (χ2v) is 5.57. The van der Waals surface area contributed by atoms with Crippen molar-refractivity contribution in [3.63, 3.8) is 0 Å². The van der Waals surface area contributed by atoms with Crippen LogP contribution in [0.25, 0.3) is 0 Å². The van der Waals surface area contributed by atoms with E-state index in [0.29, 0.717) is 0 Å². The van der Waals surface area contributed by atoms with Crippen molar-refractivity contribution in [2.45, 2.75) is 25.8 Å². The highest BCUT2D eigenvalue weighted by molar-refractivity contribution is 7.10. The molecule has 1 saturated carbocycles. The molecular weight excluding hydrogens is 204 g/mol. The molecule has 2 unspecified atom stereocenters. The predicted octanol–water partition coefficient (Wildman–Crippen LogP) is 2.38. The van der Waals surface area contributed by atoms with Gasteiger partial charge in [-0.05, 0) is 42.7 Å². The molecule has 1 aromatic heterocycles. The van der Waals surface area contributed by atoms with E-state index in [1.807, 2.05) is 0 Å². The molecule has 1 aliphatic carbocycles. The lowest BCUT2D eigenvalue weighted by Gasteiger charge is -2.14. The van der Waals surface area contributed by atoms with Gasteiger partial charge >= 0.3 is 0 Å². The Balaban J connectivity index is 1.64. The molecule has 1 fully saturated rings. The summed E-state index contributed by atoms with van der Waals surface area (Å²) < 4.78 is 0. The second kappa shape index (κ2) is 5.10. The summed E-state index contributed by atoms with van der Waals surface area (Å²) in [6.45, 7) is 4.35. The average Bonchev–Trinajstić information content (AvgIpc) is 2.93. The van der Waals surface area contributed by atoms with E-state index in [2.05, 4.69) is 29.8 Å². The van der Waals surface area contributed by atoms with Crippen molar-refractivity contribution in [2.24, 2.45) is 17.6 Å². The van der Waals surface area contributed by atoms with Gasteiger partial charge in [-0.2, -0.15) is 0 Å². The van der Waals surface area contributed by atoms with Gasteiger partial charge in [-0.15, -0.1) is 11.3 Å². The van der Waals surface area contributed by atoms with Crippen LogP contribution in [0.15, 0.2) is 17.5 Å². The van der Waals surface area contributed by atoms with Gasteiger partial charge in [0.05, 0.1) is 6.04 Å². The second-order valence-electron chi connectivity index (χ2n) is 4.59. The maximum Gasteiger partial charge on any atom is 0.0516 e. The molecule has 2 nitrogen and oxygen atoms in total. The zero-order valence-electron chi connectivity index (χ0n) is 9.28. The molecule has 0 aliphatic heterocycles. The highest BCUT2D eigenvalue weighted by atomic mass is 32.1. The van der Waals surface area contributed by atoms with Gasteiger partial charge in [0.25, 0.3) is 0 Å². The summed E-state index contributed by atoms with van der Waals surface area (Å²) in [7, 11) is 0. The van der Waals surface area contributed by atoms with Gasteiger partial charge in [-0.1, -0.05) is 13.0 Å². The first-order chi connectivity index (χ1) is 7.27. The molecule has 0 aromatic carbocycles. The summed E-state index contributed by atoms with van der Waals surface area (Å²) in [6.07, 6.45) is 2.86. The molecule has 1 heterocycles. The third kappa shape index (κ3) is 3.30. The van der Waals surface area contributed by atoms with Crippen molar-refractivity contribution >= 4 is 11.3 Å². The van der Waals surface area contributed by atoms with Crippen LogP contribution < -0.4 is 11.1 Å². The number of hydrogen-bond acceptors (Lipinski definition) is 3. The summed E-state index contributed by atoms with van der Waals surface area (Å²) in [5.41, 5.74) is 6.07. The summed E-state index contributed by atoms with van der Waals surface area (Å²) in [6, 6.07) is 4.34. The standard InChI is InChI=1S/C12H20N2S/c1-9(10-4-5-10)7-14-8-11(13)12-3-2-6-15-12/h2-3,6,9-11,14H,4-5,7-8,13H2,1H3. The Morgan fingerprint density at radius 3 is 2.93 bits per heavy atom. The van der Waals surface area contributed by atoms with E-state index in [9.17, 15) is 0 Å². The van der Waals surface area contributed by atoms with E-state index in [1.54, 1.807) is 11.3 Å². The van der Waals surface area contributed by atoms with Crippen LogP contribution in [0.2, 0.25) is 0 Å². The molecule has 0 saturated heterocycles. The average molecular weight is 224 g/mol. The molecule has 1 aliphatic rings. The van der Waals surface area contributed by atoms with Gasteiger partial charge in [0.1, 0.15) is 0 Å². The summed E-state index contributed by atoms with van der Waals surface area (Å²) >= 11 is 1.74. The third-order valence-corrected chi connectivity index (χ3v) is 4.17. The molecule has 84 valence electrons. The monoisotopic (exact) mass is 224 g/mol. The minimum Gasteiger partial charge on any atom is -0.322 e. The fourth-order valence-electron chi connectivity index (χ4n) is 1.90. The Bertz CT molecular complexity index is 280. The van der Waals surface area contributed by atoms with Crippen molar-refractivity contribution in [3.8, 4) is 0 Å². The Hall–Kier alpha value is -0.380. The van der Waals surface area contributed by atoms with Gasteiger partial charge in [0.2, 0.25) is 0 Å². The molecule has 2 atom stereocenters. The smallest absolute Gasteiger partial charge is 0.0516 e. The van der Waals surface area contributed by atoms with E-state index >= 15 is 0 Å². The van der Waals surface area contributed by atoms with Crippen molar-refractivity contribution in [2.75, 3.05) is 13.1 Å². The van der Waals surface area contributed by atoms with Gasteiger partial charge in [0, 0.05) is 11.4 Å². The number of thiophene rings is 1. The van der Waals surface area contributed by atoms with Gasteiger partial charge in [-0.25, -0.2) is 0 Å². The normalized spacial score (nSPS) is 20.1. The molecule has 0 spiro atoms. The van der Waals surface area contributed by atoms with Crippen LogP contribution in [0.4, 0.5) is 0 Å². The van der Waals surface area contributed by atoms with Crippen LogP contribution in [0.3, 0.4) is 0 Å². The minimum absolute atomic E-state index is 0.163. The quantitative estimate of drug-likeness (QED) is 0.778. The molecule has 3 N–H and O–H groups in total. The number of hydrogen-bond donors (Lipinski definition) is 2. The molecule has 2 rings (SSSR count). The fraction of sp³-hybridized carbons (Fsp3) is 0.667. The SMILES string of the molecule is CC(CNCC(N)c1cccs1)C1CC1. The lowest BCUT2D eigenvalue weighted by molar-refractivity contribution is 0.451. The van der Waals surface area contributed by atoms with E-state index in [4.69, 9.17) is 5.73 Å². The zero-order chi connectivity index (χ0) is 10.7. The zero-order valence-corrected chi connectivity index (χ0v) is 10.1. The summed E-state index contributed by atoms with van der Waals surface area (Å²) in [4.78, 5) is 1.28. The maximum atomic E-state index is 6.07. The maximum absolute atomic E-state index is 6.07. The fourth-order valence-corrected chi connectivity index (χ4v) is 2.63. The molecule has 3 heteroatoms. The third-order valence-electron chi connectivity index (χ3n) is 3.17. The highest BCUT2D eigenvalue weighted by Gasteiger charge is 2.27. The van der Waals surface area contributed by atoms with Crippen molar-refractivity contribution in [3.05, 3.63) is 22.4 Å². The molecule has 15 heavy (non-hydrogen) atoms.